The van der Waals surface area contributed by atoms with Gasteiger partial charge in [0.25, 0.3) is 11.7 Å². The summed E-state index contributed by atoms with van der Waals surface area (Å²) >= 11 is 1.48. The lowest BCUT2D eigenvalue weighted by Crippen LogP contribution is -2.29. The summed E-state index contributed by atoms with van der Waals surface area (Å²) in [5.41, 5.74) is 5.10. The molecule has 1 amide bonds. The SMILES string of the molecule is CC(C)c1ccc(N2C(=O)C(=O)/C(=C(\O)c3ccc4c(c3)CCCC4)C2c2cccs2)cc1. The van der Waals surface area contributed by atoms with Gasteiger partial charge in [0.15, 0.2) is 0 Å². The van der Waals surface area contributed by atoms with Crippen molar-refractivity contribution in [3.8, 4) is 0 Å². The van der Waals surface area contributed by atoms with Gasteiger partial charge < -0.3 is 5.11 Å². The lowest BCUT2D eigenvalue weighted by atomic mass is 9.89. The van der Waals surface area contributed by atoms with E-state index in [-0.39, 0.29) is 11.3 Å². The van der Waals surface area contributed by atoms with E-state index < -0.39 is 17.7 Å². The molecule has 1 fully saturated rings. The number of aryl methyl sites for hydroxylation is 2. The Labute approximate surface area is 198 Å². The highest BCUT2D eigenvalue weighted by Crippen LogP contribution is 2.44. The number of hydrogen-bond donors (Lipinski definition) is 1. The normalized spacial score (nSPS) is 19.8. The third-order valence-corrected chi connectivity index (χ3v) is 7.64. The Bertz CT molecular complexity index is 1240. The number of amides is 1. The van der Waals surface area contributed by atoms with Crippen molar-refractivity contribution in [1.29, 1.82) is 0 Å². The molecule has 0 spiro atoms. The molecule has 5 heteroatoms. The fourth-order valence-corrected chi connectivity index (χ4v) is 5.69. The van der Waals surface area contributed by atoms with Crippen LogP contribution in [0.3, 0.4) is 0 Å². The van der Waals surface area contributed by atoms with Crippen molar-refractivity contribution < 1.29 is 14.7 Å². The van der Waals surface area contributed by atoms with Gasteiger partial charge in [0.2, 0.25) is 0 Å². The van der Waals surface area contributed by atoms with Crippen molar-refractivity contribution in [3.05, 3.63) is 92.7 Å². The maximum Gasteiger partial charge on any atom is 0.300 e. The number of thiophene rings is 1. The summed E-state index contributed by atoms with van der Waals surface area (Å²) in [5, 5.41) is 13.3. The van der Waals surface area contributed by atoms with E-state index in [1.807, 2.05) is 60.0 Å². The Balaban J connectivity index is 1.63. The zero-order valence-electron chi connectivity index (χ0n) is 18.9. The number of fused-ring (bicyclic) bond motifs is 1. The number of aliphatic hydroxyl groups excluding tert-OH is 1. The number of ketones is 1. The number of carbonyl (C=O) groups excluding carboxylic acids is 2. The first-order chi connectivity index (χ1) is 16.0. The van der Waals surface area contributed by atoms with E-state index >= 15 is 0 Å². The molecule has 33 heavy (non-hydrogen) atoms. The summed E-state index contributed by atoms with van der Waals surface area (Å²) in [6, 6.07) is 16.8. The standard InChI is InChI=1S/C28H27NO3S/c1-17(2)18-11-13-22(14-12-18)29-25(23-8-5-15-33-23)24(27(31)28(29)32)26(30)21-10-9-19-6-3-4-7-20(19)16-21/h5,8-17,25,30H,3-4,6-7H2,1-2H3/b26-24-. The molecule has 0 radical (unpaired) electrons. The maximum absolute atomic E-state index is 13.3. The minimum absolute atomic E-state index is 0.0959. The number of carbonyl (C=O) groups is 2. The molecule has 1 saturated heterocycles. The van der Waals surface area contributed by atoms with Crippen LogP contribution >= 0.6 is 11.3 Å². The third-order valence-electron chi connectivity index (χ3n) is 6.72. The van der Waals surface area contributed by atoms with E-state index in [2.05, 4.69) is 13.8 Å². The van der Waals surface area contributed by atoms with Crippen LogP contribution in [-0.2, 0) is 22.4 Å². The Kier molecular flexibility index (Phi) is 5.67. The number of Topliss-reactive ketones (excluding diaryl/α,β-unsaturated/α-hetero) is 1. The lowest BCUT2D eigenvalue weighted by Gasteiger charge is -2.24. The number of hydrogen-bond acceptors (Lipinski definition) is 4. The summed E-state index contributed by atoms with van der Waals surface area (Å²) in [6.45, 7) is 4.23. The number of anilines is 1. The average Bonchev–Trinajstić information content (AvgIpc) is 3.45. The number of benzene rings is 2. The predicted octanol–water partition coefficient (Wildman–Crippen LogP) is 6.38. The number of nitrogens with zero attached hydrogens (tertiary/aromatic N) is 1. The smallest absolute Gasteiger partial charge is 0.300 e. The molecule has 1 unspecified atom stereocenters. The van der Waals surface area contributed by atoms with E-state index in [1.165, 1.54) is 33.8 Å². The van der Waals surface area contributed by atoms with Crippen LogP contribution in [0.5, 0.6) is 0 Å². The Morgan fingerprint density at radius 2 is 1.73 bits per heavy atom. The second kappa shape index (κ2) is 8.64. The molecule has 0 saturated carbocycles. The predicted molar refractivity (Wildman–Crippen MR) is 133 cm³/mol. The quantitative estimate of drug-likeness (QED) is 0.281. The molecule has 2 heterocycles. The van der Waals surface area contributed by atoms with Gasteiger partial charge in [0.1, 0.15) is 11.8 Å². The summed E-state index contributed by atoms with van der Waals surface area (Å²) in [6.07, 6.45) is 4.32. The van der Waals surface area contributed by atoms with Crippen molar-refractivity contribution in [1.82, 2.24) is 0 Å². The van der Waals surface area contributed by atoms with Crippen LogP contribution in [0.2, 0.25) is 0 Å². The summed E-state index contributed by atoms with van der Waals surface area (Å²) in [5.74, 6) is -0.977. The molecule has 1 aliphatic carbocycles. The lowest BCUT2D eigenvalue weighted by molar-refractivity contribution is -0.132. The van der Waals surface area contributed by atoms with Crippen LogP contribution in [0.4, 0.5) is 5.69 Å². The third kappa shape index (κ3) is 3.80. The molecule has 1 N–H and O–H groups in total. The molecule has 1 atom stereocenters. The van der Waals surface area contributed by atoms with Gasteiger partial charge in [0, 0.05) is 16.1 Å². The van der Waals surface area contributed by atoms with Crippen molar-refractivity contribution in [3.63, 3.8) is 0 Å². The molecule has 1 aromatic heterocycles. The summed E-state index contributed by atoms with van der Waals surface area (Å²) in [4.78, 5) is 28.9. The molecule has 0 bridgehead atoms. The van der Waals surface area contributed by atoms with Crippen LogP contribution in [0.25, 0.3) is 5.76 Å². The monoisotopic (exact) mass is 457 g/mol. The first kappa shape index (κ1) is 21.7. The van der Waals surface area contributed by atoms with Gasteiger partial charge in [-0.3, -0.25) is 14.5 Å². The molecule has 4 nitrogen and oxygen atoms in total. The molecule has 1 aliphatic heterocycles. The average molecular weight is 458 g/mol. The van der Waals surface area contributed by atoms with Gasteiger partial charge in [-0.2, -0.15) is 0 Å². The molecule has 2 aliphatic rings. The van der Waals surface area contributed by atoms with E-state index in [1.54, 1.807) is 0 Å². The highest BCUT2D eigenvalue weighted by Gasteiger charge is 2.47. The summed E-state index contributed by atoms with van der Waals surface area (Å²) < 4.78 is 0. The molecule has 2 aromatic carbocycles. The fraction of sp³-hybridized carbons (Fsp3) is 0.286. The Hall–Kier alpha value is -3.18. The zero-order valence-corrected chi connectivity index (χ0v) is 19.7. The van der Waals surface area contributed by atoms with Gasteiger partial charge in [-0.25, -0.2) is 0 Å². The van der Waals surface area contributed by atoms with Gasteiger partial charge in [0.05, 0.1) is 5.57 Å². The van der Waals surface area contributed by atoms with Crippen molar-refractivity contribution in [2.24, 2.45) is 0 Å². The Morgan fingerprint density at radius 3 is 2.39 bits per heavy atom. The van der Waals surface area contributed by atoms with Crippen LogP contribution in [0, 0.1) is 0 Å². The van der Waals surface area contributed by atoms with E-state index in [4.69, 9.17) is 0 Å². The van der Waals surface area contributed by atoms with Crippen LogP contribution in [-0.4, -0.2) is 16.8 Å². The first-order valence-electron chi connectivity index (χ1n) is 11.5. The zero-order chi connectivity index (χ0) is 23.1. The molecular formula is C28H27NO3S. The molecule has 168 valence electrons. The second-order valence-electron chi connectivity index (χ2n) is 9.12. The van der Waals surface area contributed by atoms with Crippen LogP contribution in [0.1, 0.15) is 65.8 Å². The largest absolute Gasteiger partial charge is 0.507 e. The van der Waals surface area contributed by atoms with Crippen LogP contribution < -0.4 is 4.90 Å². The van der Waals surface area contributed by atoms with Crippen molar-refractivity contribution >= 4 is 34.5 Å². The van der Waals surface area contributed by atoms with Gasteiger partial charge in [-0.15, -0.1) is 11.3 Å². The number of aliphatic hydroxyl groups is 1. The molecule has 3 aromatic rings. The maximum atomic E-state index is 13.3. The highest BCUT2D eigenvalue weighted by molar-refractivity contribution is 7.10. The van der Waals surface area contributed by atoms with E-state index in [0.29, 0.717) is 17.2 Å². The first-order valence-corrected chi connectivity index (χ1v) is 12.4. The van der Waals surface area contributed by atoms with E-state index in [9.17, 15) is 14.7 Å². The van der Waals surface area contributed by atoms with Gasteiger partial charge in [-0.05, 0) is 77.9 Å². The minimum Gasteiger partial charge on any atom is -0.507 e. The Morgan fingerprint density at radius 1 is 1.00 bits per heavy atom. The topological polar surface area (TPSA) is 57.6 Å². The summed E-state index contributed by atoms with van der Waals surface area (Å²) in [7, 11) is 0. The van der Waals surface area contributed by atoms with E-state index in [0.717, 1.165) is 29.7 Å². The minimum atomic E-state index is -0.647. The fourth-order valence-electron chi connectivity index (χ4n) is 4.87. The highest BCUT2D eigenvalue weighted by atomic mass is 32.1. The second-order valence-corrected chi connectivity index (χ2v) is 10.1. The molecular weight excluding hydrogens is 430 g/mol. The van der Waals surface area contributed by atoms with Gasteiger partial charge in [-0.1, -0.05) is 44.2 Å². The van der Waals surface area contributed by atoms with Crippen molar-refractivity contribution in [2.75, 3.05) is 4.90 Å². The van der Waals surface area contributed by atoms with Gasteiger partial charge >= 0.3 is 0 Å². The van der Waals surface area contributed by atoms with Crippen molar-refractivity contribution in [2.45, 2.75) is 51.5 Å². The molecule has 5 rings (SSSR count). The number of rotatable bonds is 4. The van der Waals surface area contributed by atoms with Crippen LogP contribution in [0.15, 0.2) is 65.6 Å².